The van der Waals surface area contributed by atoms with Gasteiger partial charge in [0.15, 0.2) is 0 Å². The van der Waals surface area contributed by atoms with E-state index < -0.39 is 5.60 Å². The second-order valence-electron chi connectivity index (χ2n) is 11.1. The normalized spacial score (nSPS) is 19.8. The molecule has 0 spiro atoms. The molecule has 5 rings (SSSR count). The van der Waals surface area contributed by atoms with Crippen LogP contribution in [0.15, 0.2) is 72.8 Å². The second kappa shape index (κ2) is 10.5. The maximum Gasteiger partial charge on any atom is 0.410 e. The first-order chi connectivity index (χ1) is 17.8. The SMILES string of the molecule is COc1ccc2c(c1)CC[C@H](c1ccccc1)[C@@H]2c1ccc(N2CCN(C(=O)OC(C)(C)C)CC2)cc1. The highest BCUT2D eigenvalue weighted by Crippen LogP contribution is 2.47. The Morgan fingerprint density at radius 2 is 1.57 bits per heavy atom. The van der Waals surface area contributed by atoms with Crippen LogP contribution in [0.5, 0.6) is 5.75 Å². The fourth-order valence-corrected chi connectivity index (χ4v) is 5.76. The highest BCUT2D eigenvalue weighted by Gasteiger charge is 2.32. The summed E-state index contributed by atoms with van der Waals surface area (Å²) in [6.45, 7) is 8.68. The van der Waals surface area contributed by atoms with Crippen molar-refractivity contribution in [2.75, 3.05) is 38.2 Å². The van der Waals surface area contributed by atoms with Crippen molar-refractivity contribution in [2.24, 2.45) is 0 Å². The molecule has 0 radical (unpaired) electrons. The van der Waals surface area contributed by atoms with Gasteiger partial charge < -0.3 is 19.3 Å². The molecule has 0 aromatic heterocycles. The summed E-state index contributed by atoms with van der Waals surface area (Å²) in [6.07, 6.45) is 1.95. The van der Waals surface area contributed by atoms with Gasteiger partial charge in [-0.1, -0.05) is 48.5 Å². The van der Waals surface area contributed by atoms with E-state index in [1.807, 2.05) is 25.7 Å². The van der Waals surface area contributed by atoms with Crippen LogP contribution >= 0.6 is 0 Å². The summed E-state index contributed by atoms with van der Waals surface area (Å²) < 4.78 is 11.1. The molecule has 0 unspecified atom stereocenters. The lowest BCUT2D eigenvalue weighted by Gasteiger charge is -2.37. The van der Waals surface area contributed by atoms with Crippen molar-refractivity contribution in [3.63, 3.8) is 0 Å². The summed E-state index contributed by atoms with van der Waals surface area (Å²) in [6, 6.07) is 26.6. The molecule has 1 amide bonds. The van der Waals surface area contributed by atoms with Gasteiger partial charge in [0.05, 0.1) is 7.11 Å². The molecular formula is C32H38N2O3. The van der Waals surface area contributed by atoms with Crippen LogP contribution in [-0.2, 0) is 11.2 Å². The van der Waals surface area contributed by atoms with Crippen LogP contribution in [0, 0.1) is 0 Å². The topological polar surface area (TPSA) is 42.0 Å². The number of carbonyl (C=O) groups excluding carboxylic acids is 1. The zero-order valence-electron chi connectivity index (χ0n) is 22.4. The molecule has 0 bridgehead atoms. The predicted molar refractivity (Wildman–Crippen MR) is 149 cm³/mol. The van der Waals surface area contributed by atoms with Crippen LogP contribution < -0.4 is 9.64 Å². The molecule has 1 fully saturated rings. The number of aryl methyl sites for hydroxylation is 1. The van der Waals surface area contributed by atoms with E-state index in [1.165, 1.54) is 27.9 Å². The number of rotatable bonds is 4. The summed E-state index contributed by atoms with van der Waals surface area (Å²) in [5.41, 5.74) is 6.27. The van der Waals surface area contributed by atoms with Gasteiger partial charge in [-0.2, -0.15) is 0 Å². The molecular weight excluding hydrogens is 460 g/mol. The van der Waals surface area contributed by atoms with Gasteiger partial charge in [-0.25, -0.2) is 4.79 Å². The first-order valence-corrected chi connectivity index (χ1v) is 13.4. The third-order valence-electron chi connectivity index (χ3n) is 7.59. The molecule has 1 aliphatic carbocycles. The number of ether oxygens (including phenoxy) is 2. The molecule has 1 saturated heterocycles. The second-order valence-corrected chi connectivity index (χ2v) is 11.1. The minimum atomic E-state index is -0.468. The predicted octanol–water partition coefficient (Wildman–Crippen LogP) is 6.61. The molecule has 2 atom stereocenters. The number of hydrogen-bond acceptors (Lipinski definition) is 4. The number of carbonyl (C=O) groups is 1. The highest BCUT2D eigenvalue weighted by atomic mass is 16.6. The molecule has 2 aliphatic rings. The van der Waals surface area contributed by atoms with E-state index in [1.54, 1.807) is 7.11 Å². The number of fused-ring (bicyclic) bond motifs is 1. The first-order valence-electron chi connectivity index (χ1n) is 13.4. The van der Waals surface area contributed by atoms with E-state index >= 15 is 0 Å². The lowest BCUT2D eigenvalue weighted by Crippen LogP contribution is -2.50. The van der Waals surface area contributed by atoms with Gasteiger partial charge in [0.1, 0.15) is 11.4 Å². The Hall–Kier alpha value is -3.47. The van der Waals surface area contributed by atoms with Crippen LogP contribution in [-0.4, -0.2) is 49.9 Å². The number of anilines is 1. The molecule has 0 saturated carbocycles. The molecule has 3 aromatic carbocycles. The average Bonchev–Trinajstić information content (AvgIpc) is 2.92. The minimum Gasteiger partial charge on any atom is -0.497 e. The van der Waals surface area contributed by atoms with Crippen molar-refractivity contribution in [1.82, 2.24) is 4.90 Å². The summed E-state index contributed by atoms with van der Waals surface area (Å²) in [5.74, 6) is 1.66. The number of hydrogen-bond donors (Lipinski definition) is 0. The van der Waals surface area contributed by atoms with Crippen molar-refractivity contribution < 1.29 is 14.3 Å². The molecule has 5 heteroatoms. The number of methoxy groups -OCH3 is 1. The Labute approximate surface area is 221 Å². The lowest BCUT2D eigenvalue weighted by atomic mass is 9.69. The largest absolute Gasteiger partial charge is 0.497 e. The van der Waals surface area contributed by atoms with E-state index in [-0.39, 0.29) is 6.09 Å². The Morgan fingerprint density at radius 1 is 0.865 bits per heavy atom. The molecule has 37 heavy (non-hydrogen) atoms. The third kappa shape index (κ3) is 5.61. The fourth-order valence-electron chi connectivity index (χ4n) is 5.76. The first kappa shape index (κ1) is 25.2. The van der Waals surface area contributed by atoms with Crippen molar-refractivity contribution in [3.05, 3.63) is 95.1 Å². The van der Waals surface area contributed by atoms with Crippen molar-refractivity contribution in [2.45, 2.75) is 51.0 Å². The van der Waals surface area contributed by atoms with Crippen molar-refractivity contribution >= 4 is 11.8 Å². The maximum atomic E-state index is 12.4. The highest BCUT2D eigenvalue weighted by molar-refractivity contribution is 5.68. The monoisotopic (exact) mass is 498 g/mol. The van der Waals surface area contributed by atoms with E-state index in [0.717, 1.165) is 31.7 Å². The van der Waals surface area contributed by atoms with E-state index in [2.05, 4.69) is 77.7 Å². The van der Waals surface area contributed by atoms with Gasteiger partial charge in [0, 0.05) is 37.8 Å². The number of amides is 1. The van der Waals surface area contributed by atoms with Gasteiger partial charge in [0.25, 0.3) is 0 Å². The van der Waals surface area contributed by atoms with Gasteiger partial charge >= 0.3 is 6.09 Å². The maximum absolute atomic E-state index is 12.4. The average molecular weight is 499 g/mol. The molecule has 1 heterocycles. The van der Waals surface area contributed by atoms with Crippen LogP contribution in [0.25, 0.3) is 0 Å². The van der Waals surface area contributed by atoms with Gasteiger partial charge in [-0.05, 0) is 86.1 Å². The molecule has 194 valence electrons. The summed E-state index contributed by atoms with van der Waals surface area (Å²) in [4.78, 5) is 16.6. The fraction of sp³-hybridized carbons (Fsp3) is 0.406. The van der Waals surface area contributed by atoms with E-state index in [9.17, 15) is 4.79 Å². The zero-order valence-corrected chi connectivity index (χ0v) is 22.4. The Morgan fingerprint density at radius 3 is 2.22 bits per heavy atom. The molecule has 5 nitrogen and oxygen atoms in total. The van der Waals surface area contributed by atoms with Crippen LogP contribution in [0.4, 0.5) is 10.5 Å². The summed E-state index contributed by atoms with van der Waals surface area (Å²) in [7, 11) is 1.74. The van der Waals surface area contributed by atoms with Gasteiger partial charge in [-0.3, -0.25) is 0 Å². The number of piperazine rings is 1. The summed E-state index contributed by atoms with van der Waals surface area (Å²) in [5, 5.41) is 0. The van der Waals surface area contributed by atoms with Gasteiger partial charge in [0.2, 0.25) is 0 Å². The molecule has 1 aliphatic heterocycles. The van der Waals surface area contributed by atoms with Crippen molar-refractivity contribution in [3.8, 4) is 5.75 Å². The number of benzene rings is 3. The minimum absolute atomic E-state index is 0.220. The summed E-state index contributed by atoms with van der Waals surface area (Å²) >= 11 is 0. The Kier molecular flexibility index (Phi) is 7.14. The standard InChI is InChI=1S/C32H38N2O3/c1-32(2,3)37-31(35)34-20-18-33(19-21-34)26-13-10-24(11-14-26)30-28(23-8-6-5-7-9-23)16-12-25-22-27(36-4)15-17-29(25)30/h5-11,13-15,17,22,28,30H,12,16,18-21H2,1-4H3/t28-,30+/m1/s1. The lowest BCUT2D eigenvalue weighted by molar-refractivity contribution is 0.0240. The van der Waals surface area contributed by atoms with Crippen LogP contribution in [0.2, 0.25) is 0 Å². The zero-order chi connectivity index (χ0) is 26.0. The Bertz CT molecular complexity index is 1210. The molecule has 0 N–H and O–H groups in total. The van der Waals surface area contributed by atoms with E-state index in [0.29, 0.717) is 24.9 Å². The quantitative estimate of drug-likeness (QED) is 0.406. The smallest absolute Gasteiger partial charge is 0.410 e. The van der Waals surface area contributed by atoms with Crippen LogP contribution in [0.3, 0.4) is 0 Å². The third-order valence-corrected chi connectivity index (χ3v) is 7.59. The Balaban J connectivity index is 1.36. The van der Waals surface area contributed by atoms with Gasteiger partial charge in [-0.15, -0.1) is 0 Å². The van der Waals surface area contributed by atoms with E-state index in [4.69, 9.17) is 9.47 Å². The molecule has 3 aromatic rings. The van der Waals surface area contributed by atoms with Crippen molar-refractivity contribution in [1.29, 1.82) is 0 Å². The number of nitrogens with zero attached hydrogens (tertiary/aromatic N) is 2. The van der Waals surface area contributed by atoms with Crippen LogP contribution in [0.1, 0.15) is 61.3 Å².